The number of hydrogen-bond donors (Lipinski definition) is 2. The molecule has 0 saturated carbocycles. The summed E-state index contributed by atoms with van der Waals surface area (Å²) < 4.78 is 1.16. The SMILES string of the molecule is O=C(O)Cn1cc(/C=N/Nc2nc(Cl)c(Cl)cc2Cl)nn1. The fourth-order valence-electron chi connectivity index (χ4n) is 1.27. The van der Waals surface area contributed by atoms with Crippen molar-refractivity contribution in [1.82, 2.24) is 20.0 Å². The second-order valence-corrected chi connectivity index (χ2v) is 4.87. The van der Waals surface area contributed by atoms with Gasteiger partial charge in [-0.15, -0.1) is 5.10 Å². The minimum absolute atomic E-state index is 0.0890. The van der Waals surface area contributed by atoms with E-state index in [1.165, 1.54) is 18.5 Å². The lowest BCUT2D eigenvalue weighted by atomic mass is 10.4. The Kier molecular flexibility index (Phi) is 4.94. The van der Waals surface area contributed by atoms with Gasteiger partial charge in [-0.25, -0.2) is 9.67 Å². The highest BCUT2D eigenvalue weighted by Crippen LogP contribution is 2.28. The summed E-state index contributed by atoms with van der Waals surface area (Å²) in [5, 5.41) is 20.3. The molecule has 0 atom stereocenters. The zero-order valence-electron chi connectivity index (χ0n) is 10.2. The number of hydrazone groups is 1. The van der Waals surface area contributed by atoms with Crippen molar-refractivity contribution in [3.05, 3.63) is 33.2 Å². The van der Waals surface area contributed by atoms with Crippen LogP contribution < -0.4 is 5.43 Å². The molecule has 0 amide bonds. The van der Waals surface area contributed by atoms with Gasteiger partial charge in [0.2, 0.25) is 0 Å². The summed E-state index contributed by atoms with van der Waals surface area (Å²) in [5.74, 6) is -0.798. The Morgan fingerprint density at radius 3 is 2.90 bits per heavy atom. The van der Waals surface area contributed by atoms with E-state index in [4.69, 9.17) is 39.9 Å². The van der Waals surface area contributed by atoms with Gasteiger partial charge in [-0.05, 0) is 6.07 Å². The van der Waals surface area contributed by atoms with Crippen LogP contribution in [0.4, 0.5) is 5.82 Å². The van der Waals surface area contributed by atoms with Crippen LogP contribution in [-0.4, -0.2) is 37.3 Å². The predicted molar refractivity (Wildman–Crippen MR) is 78.1 cm³/mol. The molecule has 2 aromatic rings. The summed E-state index contributed by atoms with van der Waals surface area (Å²) in [5.41, 5.74) is 2.93. The first-order valence-corrected chi connectivity index (χ1v) is 6.51. The van der Waals surface area contributed by atoms with Crippen LogP contribution in [-0.2, 0) is 11.3 Å². The Balaban J connectivity index is 2.04. The van der Waals surface area contributed by atoms with Crippen LogP contribution in [0.25, 0.3) is 0 Å². The number of carboxylic acid groups (broad SMARTS) is 1. The molecule has 0 aliphatic heterocycles. The van der Waals surface area contributed by atoms with E-state index >= 15 is 0 Å². The van der Waals surface area contributed by atoms with Crippen molar-refractivity contribution in [3.8, 4) is 0 Å². The quantitative estimate of drug-likeness (QED) is 0.487. The smallest absolute Gasteiger partial charge is 0.325 e. The third-order valence-corrected chi connectivity index (χ3v) is 3.07. The minimum Gasteiger partial charge on any atom is -0.480 e. The largest absolute Gasteiger partial charge is 0.480 e. The number of rotatable bonds is 5. The topological polar surface area (TPSA) is 105 Å². The molecule has 0 bridgehead atoms. The lowest BCUT2D eigenvalue weighted by Gasteiger charge is -2.03. The van der Waals surface area contributed by atoms with Crippen molar-refractivity contribution in [3.63, 3.8) is 0 Å². The van der Waals surface area contributed by atoms with Crippen molar-refractivity contribution < 1.29 is 9.90 Å². The van der Waals surface area contributed by atoms with Crippen molar-refractivity contribution in [2.75, 3.05) is 5.43 Å². The first kappa shape index (κ1) is 15.5. The molecule has 0 radical (unpaired) electrons. The van der Waals surface area contributed by atoms with E-state index in [2.05, 4.69) is 25.8 Å². The molecule has 0 spiro atoms. The molecule has 0 saturated heterocycles. The molecule has 2 N–H and O–H groups in total. The fourth-order valence-corrected chi connectivity index (χ4v) is 1.81. The van der Waals surface area contributed by atoms with E-state index in [1.54, 1.807) is 0 Å². The molecule has 2 heterocycles. The Morgan fingerprint density at radius 1 is 1.43 bits per heavy atom. The first-order valence-electron chi connectivity index (χ1n) is 5.38. The Bertz CT molecular complexity index is 702. The van der Waals surface area contributed by atoms with Crippen molar-refractivity contribution >= 4 is 52.8 Å². The number of pyridine rings is 1. The van der Waals surface area contributed by atoms with Gasteiger partial charge < -0.3 is 5.11 Å². The van der Waals surface area contributed by atoms with E-state index in [-0.39, 0.29) is 27.6 Å². The third kappa shape index (κ3) is 4.28. The molecular weight excluding hydrogens is 343 g/mol. The molecule has 2 rings (SSSR count). The lowest BCUT2D eigenvalue weighted by molar-refractivity contribution is -0.137. The van der Waals surface area contributed by atoms with Crippen LogP contribution in [0.15, 0.2) is 17.4 Å². The maximum Gasteiger partial charge on any atom is 0.325 e. The van der Waals surface area contributed by atoms with Crippen LogP contribution in [0.1, 0.15) is 5.69 Å². The zero-order valence-corrected chi connectivity index (χ0v) is 12.4. The Labute approximate surface area is 133 Å². The highest BCUT2D eigenvalue weighted by atomic mass is 35.5. The fraction of sp³-hybridized carbons (Fsp3) is 0.100. The summed E-state index contributed by atoms with van der Waals surface area (Å²) in [7, 11) is 0. The molecule has 21 heavy (non-hydrogen) atoms. The molecule has 0 aliphatic carbocycles. The lowest BCUT2D eigenvalue weighted by Crippen LogP contribution is -2.08. The van der Waals surface area contributed by atoms with Crippen LogP contribution in [0.3, 0.4) is 0 Å². The number of hydrogen-bond acceptors (Lipinski definition) is 6. The third-order valence-electron chi connectivity index (χ3n) is 2.11. The Morgan fingerprint density at radius 2 is 2.19 bits per heavy atom. The van der Waals surface area contributed by atoms with Gasteiger partial charge in [0.05, 0.1) is 22.5 Å². The summed E-state index contributed by atoms with van der Waals surface area (Å²) in [6.45, 7) is -0.283. The molecule has 110 valence electrons. The number of nitrogens with one attached hydrogen (secondary N) is 1. The summed E-state index contributed by atoms with van der Waals surface area (Å²) in [4.78, 5) is 14.4. The highest BCUT2D eigenvalue weighted by molar-refractivity contribution is 6.42. The molecule has 11 heteroatoms. The first-order chi connectivity index (χ1) is 9.95. The second kappa shape index (κ2) is 6.70. The van der Waals surface area contributed by atoms with E-state index in [0.29, 0.717) is 5.69 Å². The predicted octanol–water partition coefficient (Wildman–Crippen LogP) is 2.16. The van der Waals surface area contributed by atoms with E-state index < -0.39 is 5.97 Å². The normalized spacial score (nSPS) is 11.0. The number of aromatic nitrogens is 4. The van der Waals surface area contributed by atoms with E-state index in [1.807, 2.05) is 0 Å². The van der Waals surface area contributed by atoms with Gasteiger partial charge in [0, 0.05) is 0 Å². The number of nitrogens with zero attached hydrogens (tertiary/aromatic N) is 5. The summed E-state index contributed by atoms with van der Waals surface area (Å²) in [6.07, 6.45) is 2.75. The molecular formula is C10H7Cl3N6O2. The highest BCUT2D eigenvalue weighted by Gasteiger charge is 2.07. The number of aliphatic carboxylic acids is 1. The number of anilines is 1. The van der Waals surface area contributed by atoms with Crippen molar-refractivity contribution in [2.45, 2.75) is 6.54 Å². The zero-order chi connectivity index (χ0) is 15.4. The van der Waals surface area contributed by atoms with Crippen LogP contribution >= 0.6 is 34.8 Å². The van der Waals surface area contributed by atoms with Crippen molar-refractivity contribution in [1.29, 1.82) is 0 Å². The van der Waals surface area contributed by atoms with Crippen LogP contribution in [0.5, 0.6) is 0 Å². The Hall–Kier alpha value is -1.90. The second-order valence-electron chi connectivity index (χ2n) is 3.70. The summed E-state index contributed by atoms with van der Waals surface area (Å²) in [6, 6.07) is 1.43. The van der Waals surface area contributed by atoms with Crippen molar-refractivity contribution in [2.24, 2.45) is 5.10 Å². The van der Waals surface area contributed by atoms with Gasteiger partial charge >= 0.3 is 5.97 Å². The molecule has 0 aliphatic rings. The number of carboxylic acids is 1. The average Bonchev–Trinajstić information content (AvgIpc) is 2.82. The maximum atomic E-state index is 10.5. The monoisotopic (exact) mass is 348 g/mol. The van der Waals surface area contributed by atoms with Gasteiger partial charge in [0.25, 0.3) is 0 Å². The number of carbonyl (C=O) groups is 1. The van der Waals surface area contributed by atoms with Gasteiger partial charge in [-0.2, -0.15) is 5.10 Å². The molecule has 2 aromatic heterocycles. The van der Waals surface area contributed by atoms with Crippen LogP contribution in [0.2, 0.25) is 15.2 Å². The summed E-state index contributed by atoms with van der Waals surface area (Å²) >= 11 is 17.4. The standard InChI is InChI=1S/C10H7Cl3N6O2/c11-6-1-7(12)10(15-9(6)13)17-14-2-5-3-19(18-16-5)4-8(20)21/h1-3H,4H2,(H,15,17)(H,20,21)/b14-2+. The minimum atomic E-state index is -1.02. The van der Waals surface area contributed by atoms with Crippen LogP contribution in [0, 0.1) is 0 Å². The van der Waals surface area contributed by atoms with Gasteiger partial charge in [-0.3, -0.25) is 10.2 Å². The number of halogens is 3. The molecule has 8 nitrogen and oxygen atoms in total. The maximum absolute atomic E-state index is 10.5. The average molecular weight is 350 g/mol. The van der Waals surface area contributed by atoms with E-state index in [0.717, 1.165) is 4.68 Å². The molecule has 0 aromatic carbocycles. The molecule has 0 fully saturated rings. The van der Waals surface area contributed by atoms with E-state index in [9.17, 15) is 4.79 Å². The molecule has 0 unspecified atom stereocenters. The van der Waals surface area contributed by atoms with Gasteiger partial charge in [0.1, 0.15) is 17.4 Å². The van der Waals surface area contributed by atoms with Gasteiger partial charge in [0.15, 0.2) is 5.82 Å². The van der Waals surface area contributed by atoms with Gasteiger partial charge in [-0.1, -0.05) is 40.0 Å².